The van der Waals surface area contributed by atoms with Gasteiger partial charge in [0.25, 0.3) is 5.91 Å². The first-order valence-corrected chi connectivity index (χ1v) is 8.09. The number of amides is 1. The lowest BCUT2D eigenvalue weighted by Gasteiger charge is -2.08. The Kier molecular flexibility index (Phi) is 5.09. The number of carbonyl (C=O) groups is 1. The third-order valence-corrected chi connectivity index (χ3v) is 4.00. The second-order valence-corrected chi connectivity index (χ2v) is 5.86. The number of hydrogen-bond acceptors (Lipinski definition) is 3. The van der Waals surface area contributed by atoms with Gasteiger partial charge in [-0.15, -0.1) is 0 Å². The SMILES string of the molecule is COc1ccc(-c2cncc(C(=O)NCc3ccc(C)cc3)c2)cc1. The Labute approximate surface area is 147 Å². The van der Waals surface area contributed by atoms with Gasteiger partial charge in [-0.1, -0.05) is 42.0 Å². The number of rotatable bonds is 5. The molecule has 126 valence electrons. The van der Waals surface area contributed by atoms with E-state index in [1.165, 1.54) is 5.56 Å². The maximum absolute atomic E-state index is 12.4. The van der Waals surface area contributed by atoms with E-state index in [0.29, 0.717) is 12.1 Å². The molecule has 4 heteroatoms. The number of hydrogen-bond donors (Lipinski definition) is 1. The fraction of sp³-hybridized carbons (Fsp3) is 0.143. The van der Waals surface area contributed by atoms with Crippen molar-refractivity contribution in [3.8, 4) is 16.9 Å². The lowest BCUT2D eigenvalue weighted by molar-refractivity contribution is 0.0950. The molecule has 0 saturated heterocycles. The molecule has 0 fully saturated rings. The summed E-state index contributed by atoms with van der Waals surface area (Å²) in [6.45, 7) is 2.53. The van der Waals surface area contributed by atoms with Gasteiger partial charge in [0.1, 0.15) is 5.75 Å². The van der Waals surface area contributed by atoms with Gasteiger partial charge in [-0.3, -0.25) is 9.78 Å². The number of ether oxygens (including phenoxy) is 1. The molecule has 1 N–H and O–H groups in total. The van der Waals surface area contributed by atoms with Crippen molar-refractivity contribution in [2.45, 2.75) is 13.5 Å². The average molecular weight is 332 g/mol. The van der Waals surface area contributed by atoms with Gasteiger partial charge in [-0.05, 0) is 36.2 Å². The molecule has 4 nitrogen and oxygen atoms in total. The van der Waals surface area contributed by atoms with Crippen molar-refractivity contribution in [1.29, 1.82) is 0 Å². The highest BCUT2D eigenvalue weighted by Gasteiger charge is 2.08. The maximum Gasteiger partial charge on any atom is 0.253 e. The summed E-state index contributed by atoms with van der Waals surface area (Å²) in [6, 6.07) is 17.6. The largest absolute Gasteiger partial charge is 0.497 e. The molecule has 0 radical (unpaired) electrons. The van der Waals surface area contributed by atoms with Crippen LogP contribution in [0.4, 0.5) is 0 Å². The third kappa shape index (κ3) is 4.23. The van der Waals surface area contributed by atoms with Crippen LogP contribution in [0, 0.1) is 6.92 Å². The third-order valence-electron chi connectivity index (χ3n) is 4.00. The van der Waals surface area contributed by atoms with Crippen LogP contribution in [0.15, 0.2) is 67.0 Å². The quantitative estimate of drug-likeness (QED) is 0.768. The first-order valence-electron chi connectivity index (χ1n) is 8.09. The number of benzene rings is 2. The average Bonchev–Trinajstić information content (AvgIpc) is 2.67. The second kappa shape index (κ2) is 7.62. The number of methoxy groups -OCH3 is 1. The normalized spacial score (nSPS) is 10.3. The zero-order valence-corrected chi connectivity index (χ0v) is 14.3. The lowest BCUT2D eigenvalue weighted by atomic mass is 10.1. The Hall–Kier alpha value is -3.14. The van der Waals surface area contributed by atoms with Crippen LogP contribution in [0.3, 0.4) is 0 Å². The molecule has 0 saturated carbocycles. The van der Waals surface area contributed by atoms with Crippen molar-refractivity contribution >= 4 is 5.91 Å². The van der Waals surface area contributed by atoms with Gasteiger partial charge in [-0.25, -0.2) is 0 Å². The number of nitrogens with zero attached hydrogens (tertiary/aromatic N) is 1. The zero-order chi connectivity index (χ0) is 17.6. The predicted molar refractivity (Wildman–Crippen MR) is 98.6 cm³/mol. The summed E-state index contributed by atoms with van der Waals surface area (Å²) in [4.78, 5) is 16.6. The molecular weight excluding hydrogens is 312 g/mol. The fourth-order valence-electron chi connectivity index (χ4n) is 2.50. The molecule has 1 amide bonds. The standard InChI is InChI=1S/C21H20N2O2/c1-15-3-5-16(6-4-15)12-23-21(24)19-11-18(13-22-14-19)17-7-9-20(25-2)10-8-17/h3-11,13-14H,12H2,1-2H3,(H,23,24). The smallest absolute Gasteiger partial charge is 0.253 e. The highest BCUT2D eigenvalue weighted by atomic mass is 16.5. The number of nitrogens with one attached hydrogen (secondary N) is 1. The van der Waals surface area contributed by atoms with Crippen molar-refractivity contribution in [2.75, 3.05) is 7.11 Å². The minimum Gasteiger partial charge on any atom is -0.497 e. The van der Waals surface area contributed by atoms with E-state index in [0.717, 1.165) is 22.4 Å². The van der Waals surface area contributed by atoms with Crippen molar-refractivity contribution in [2.24, 2.45) is 0 Å². The summed E-state index contributed by atoms with van der Waals surface area (Å²) >= 11 is 0. The molecule has 0 unspecified atom stereocenters. The van der Waals surface area contributed by atoms with E-state index < -0.39 is 0 Å². The summed E-state index contributed by atoms with van der Waals surface area (Å²) in [5.41, 5.74) is 4.69. The summed E-state index contributed by atoms with van der Waals surface area (Å²) in [7, 11) is 1.63. The number of pyridine rings is 1. The van der Waals surface area contributed by atoms with Gasteiger partial charge >= 0.3 is 0 Å². The van der Waals surface area contributed by atoms with Crippen molar-refractivity contribution in [3.05, 3.63) is 83.7 Å². The van der Waals surface area contributed by atoms with Gasteiger partial charge in [0.05, 0.1) is 12.7 Å². The number of aryl methyl sites for hydroxylation is 1. The maximum atomic E-state index is 12.4. The minimum absolute atomic E-state index is 0.136. The Bertz CT molecular complexity index is 856. The fourth-order valence-corrected chi connectivity index (χ4v) is 2.50. The first-order chi connectivity index (χ1) is 12.2. The number of aromatic nitrogens is 1. The molecule has 0 aliphatic carbocycles. The highest BCUT2D eigenvalue weighted by molar-refractivity contribution is 5.95. The summed E-state index contributed by atoms with van der Waals surface area (Å²) in [5, 5.41) is 2.93. The molecule has 1 heterocycles. The Morgan fingerprint density at radius 2 is 1.72 bits per heavy atom. The molecule has 0 spiro atoms. The van der Waals surface area contributed by atoms with E-state index in [1.54, 1.807) is 19.5 Å². The van der Waals surface area contributed by atoms with E-state index in [4.69, 9.17) is 4.74 Å². The van der Waals surface area contributed by atoms with E-state index >= 15 is 0 Å². The molecule has 1 aromatic heterocycles. The molecule has 0 aliphatic rings. The van der Waals surface area contributed by atoms with Crippen molar-refractivity contribution in [1.82, 2.24) is 10.3 Å². The van der Waals surface area contributed by atoms with Crippen LogP contribution in [0.25, 0.3) is 11.1 Å². The molecule has 2 aromatic carbocycles. The van der Waals surface area contributed by atoms with Crippen LogP contribution in [0.2, 0.25) is 0 Å². The van der Waals surface area contributed by atoms with Crippen LogP contribution >= 0.6 is 0 Å². The molecular formula is C21H20N2O2. The summed E-state index contributed by atoms with van der Waals surface area (Å²) < 4.78 is 5.17. The highest BCUT2D eigenvalue weighted by Crippen LogP contribution is 2.22. The summed E-state index contributed by atoms with van der Waals surface area (Å²) in [5.74, 6) is 0.659. The summed E-state index contributed by atoms with van der Waals surface area (Å²) in [6.07, 6.45) is 3.33. The van der Waals surface area contributed by atoms with E-state index in [2.05, 4.69) is 10.3 Å². The molecule has 0 bridgehead atoms. The van der Waals surface area contributed by atoms with E-state index in [1.807, 2.05) is 61.5 Å². The monoisotopic (exact) mass is 332 g/mol. The van der Waals surface area contributed by atoms with Crippen molar-refractivity contribution in [3.63, 3.8) is 0 Å². The molecule has 3 rings (SSSR count). The first kappa shape index (κ1) is 16.7. The topological polar surface area (TPSA) is 51.2 Å². The van der Waals surface area contributed by atoms with Gasteiger partial charge in [0.15, 0.2) is 0 Å². The van der Waals surface area contributed by atoms with Crippen LogP contribution in [0.5, 0.6) is 5.75 Å². The molecule has 3 aromatic rings. The van der Waals surface area contributed by atoms with Crippen LogP contribution in [0.1, 0.15) is 21.5 Å². The molecule has 25 heavy (non-hydrogen) atoms. The molecule has 0 atom stereocenters. The predicted octanol–water partition coefficient (Wildman–Crippen LogP) is 4.00. The Balaban J connectivity index is 1.71. The number of carbonyl (C=O) groups excluding carboxylic acids is 1. The van der Waals surface area contributed by atoms with E-state index in [9.17, 15) is 4.79 Å². The minimum atomic E-state index is -0.136. The zero-order valence-electron chi connectivity index (χ0n) is 14.3. The van der Waals surface area contributed by atoms with Crippen LogP contribution in [-0.2, 0) is 6.54 Å². The van der Waals surface area contributed by atoms with Gasteiger partial charge in [-0.2, -0.15) is 0 Å². The van der Waals surface area contributed by atoms with Gasteiger partial charge in [0.2, 0.25) is 0 Å². The Morgan fingerprint density at radius 3 is 2.40 bits per heavy atom. The Morgan fingerprint density at radius 1 is 1.00 bits per heavy atom. The second-order valence-electron chi connectivity index (χ2n) is 5.86. The van der Waals surface area contributed by atoms with Crippen LogP contribution < -0.4 is 10.1 Å². The lowest BCUT2D eigenvalue weighted by Crippen LogP contribution is -2.22. The molecule has 0 aliphatic heterocycles. The van der Waals surface area contributed by atoms with Gasteiger partial charge in [0, 0.05) is 24.5 Å². The van der Waals surface area contributed by atoms with E-state index in [-0.39, 0.29) is 5.91 Å². The van der Waals surface area contributed by atoms with Crippen molar-refractivity contribution < 1.29 is 9.53 Å². The van der Waals surface area contributed by atoms with Gasteiger partial charge < -0.3 is 10.1 Å². The van der Waals surface area contributed by atoms with Crippen LogP contribution in [-0.4, -0.2) is 18.0 Å².